The summed E-state index contributed by atoms with van der Waals surface area (Å²) in [5, 5.41) is 12.3. The minimum Gasteiger partial charge on any atom is -0.462 e. The fourth-order valence-electron chi connectivity index (χ4n) is 2.87. The van der Waals surface area contributed by atoms with Gasteiger partial charge in [0.25, 0.3) is 5.56 Å². The van der Waals surface area contributed by atoms with Gasteiger partial charge in [-0.05, 0) is 26.3 Å². The highest BCUT2D eigenvalue weighted by molar-refractivity contribution is 7.20. The summed E-state index contributed by atoms with van der Waals surface area (Å²) in [5.41, 5.74) is 0.120. The van der Waals surface area contributed by atoms with E-state index in [9.17, 15) is 19.5 Å². The van der Waals surface area contributed by atoms with E-state index in [0.717, 1.165) is 20.9 Å². The maximum atomic E-state index is 12.9. The number of aryl methyl sites for hydroxylation is 2. The molecule has 3 aromatic heterocycles. The lowest BCUT2D eigenvalue weighted by Crippen LogP contribution is -2.40. The second-order valence-electron chi connectivity index (χ2n) is 5.86. The molecule has 0 aliphatic heterocycles. The van der Waals surface area contributed by atoms with Gasteiger partial charge < -0.3 is 9.84 Å². The van der Waals surface area contributed by atoms with Crippen molar-refractivity contribution in [3.05, 3.63) is 47.4 Å². The number of hydrogen-bond acceptors (Lipinski definition) is 8. The molecule has 3 aromatic rings. The fourth-order valence-corrected chi connectivity index (χ4v) is 4.66. The zero-order valence-electron chi connectivity index (χ0n) is 15.1. The van der Waals surface area contributed by atoms with Crippen molar-refractivity contribution in [1.82, 2.24) is 14.1 Å². The van der Waals surface area contributed by atoms with E-state index in [1.165, 1.54) is 15.9 Å². The third-order valence-corrected chi connectivity index (χ3v) is 6.18. The van der Waals surface area contributed by atoms with Crippen LogP contribution in [0.25, 0.3) is 10.2 Å². The van der Waals surface area contributed by atoms with Gasteiger partial charge in [-0.2, -0.15) is 0 Å². The lowest BCUT2D eigenvalue weighted by Gasteiger charge is -2.10. The number of aromatic nitrogens is 3. The molecule has 0 spiro atoms. The number of fused-ring (bicyclic) bond motifs is 1. The van der Waals surface area contributed by atoms with Crippen molar-refractivity contribution < 1.29 is 14.6 Å². The van der Waals surface area contributed by atoms with E-state index >= 15 is 0 Å². The van der Waals surface area contributed by atoms with Crippen LogP contribution in [0, 0.1) is 13.8 Å². The lowest BCUT2D eigenvalue weighted by atomic mass is 10.2. The number of hydrogen-bond donors (Lipinski definition) is 1. The smallest absolute Gasteiger partial charge is 0.348 e. The van der Waals surface area contributed by atoms with E-state index in [-0.39, 0.29) is 26.3 Å². The molecule has 27 heavy (non-hydrogen) atoms. The van der Waals surface area contributed by atoms with Gasteiger partial charge in [-0.15, -0.1) is 22.7 Å². The van der Waals surface area contributed by atoms with Crippen molar-refractivity contribution >= 4 is 38.9 Å². The highest BCUT2D eigenvalue weighted by Gasteiger charge is 2.24. The van der Waals surface area contributed by atoms with Crippen LogP contribution in [-0.2, 0) is 17.8 Å². The molecule has 0 saturated heterocycles. The third kappa shape index (κ3) is 3.47. The normalized spacial score (nSPS) is 11.3. The van der Waals surface area contributed by atoms with Crippen LogP contribution in [0.5, 0.6) is 0 Å². The van der Waals surface area contributed by atoms with Crippen molar-refractivity contribution in [2.45, 2.75) is 33.9 Å². The van der Waals surface area contributed by atoms with E-state index in [1.807, 2.05) is 12.3 Å². The second kappa shape index (κ2) is 7.75. The number of ether oxygens (including phenoxy) is 1. The Bertz CT molecular complexity index is 1120. The van der Waals surface area contributed by atoms with Crippen molar-refractivity contribution in [2.75, 3.05) is 13.2 Å². The van der Waals surface area contributed by atoms with Crippen LogP contribution in [-0.4, -0.2) is 38.4 Å². The number of esters is 1. The van der Waals surface area contributed by atoms with Crippen molar-refractivity contribution in [1.29, 1.82) is 0 Å². The molecule has 144 valence electrons. The van der Waals surface area contributed by atoms with Crippen LogP contribution in [0.4, 0.5) is 0 Å². The summed E-state index contributed by atoms with van der Waals surface area (Å²) < 4.78 is 7.50. The van der Waals surface area contributed by atoms with Gasteiger partial charge in [0, 0.05) is 5.38 Å². The monoisotopic (exact) mass is 409 g/mol. The van der Waals surface area contributed by atoms with Crippen LogP contribution in [0.2, 0.25) is 0 Å². The van der Waals surface area contributed by atoms with Gasteiger partial charge in [0.2, 0.25) is 0 Å². The lowest BCUT2D eigenvalue weighted by molar-refractivity contribution is 0.0531. The number of carbonyl (C=O) groups is 1. The zero-order valence-corrected chi connectivity index (χ0v) is 16.8. The standard InChI is InChI=1S/C17H19N3O5S2/c1-4-25-16(23)13-9(2)12-14(22)19(5-6-21)17(24)20(15(12)27-13)7-11-8-26-10(3)18-11/h8,21H,4-7H2,1-3H3. The number of aliphatic hydroxyl groups is 1. The predicted octanol–water partition coefficient (Wildman–Crippen LogP) is 1.52. The topological polar surface area (TPSA) is 103 Å². The van der Waals surface area contributed by atoms with E-state index in [1.54, 1.807) is 13.8 Å². The Morgan fingerprint density at radius 1 is 1.30 bits per heavy atom. The Morgan fingerprint density at radius 2 is 2.04 bits per heavy atom. The summed E-state index contributed by atoms with van der Waals surface area (Å²) in [6.07, 6.45) is 0. The molecule has 0 unspecified atom stereocenters. The number of carbonyl (C=O) groups excluding carboxylic acids is 1. The maximum Gasteiger partial charge on any atom is 0.348 e. The predicted molar refractivity (Wildman–Crippen MR) is 104 cm³/mol. The first-order chi connectivity index (χ1) is 12.9. The van der Waals surface area contributed by atoms with Gasteiger partial charge in [0.15, 0.2) is 0 Å². The molecular weight excluding hydrogens is 390 g/mol. The summed E-state index contributed by atoms with van der Waals surface area (Å²) in [6, 6.07) is 0. The van der Waals surface area contributed by atoms with E-state index in [0.29, 0.717) is 26.4 Å². The highest BCUT2D eigenvalue weighted by atomic mass is 32.1. The Balaban J connectivity index is 2.31. The number of thiazole rings is 1. The summed E-state index contributed by atoms with van der Waals surface area (Å²) in [4.78, 5) is 43.1. The molecule has 0 saturated carbocycles. The summed E-state index contributed by atoms with van der Waals surface area (Å²) in [7, 11) is 0. The average Bonchev–Trinajstić information content (AvgIpc) is 3.19. The van der Waals surface area contributed by atoms with Crippen molar-refractivity contribution in [3.8, 4) is 0 Å². The fraction of sp³-hybridized carbons (Fsp3) is 0.412. The molecule has 0 aliphatic carbocycles. The quantitative estimate of drug-likeness (QED) is 0.619. The van der Waals surface area contributed by atoms with Crippen LogP contribution in [0.1, 0.15) is 32.9 Å². The summed E-state index contributed by atoms with van der Waals surface area (Å²) in [6.45, 7) is 5.16. The first kappa shape index (κ1) is 19.5. The summed E-state index contributed by atoms with van der Waals surface area (Å²) in [5.74, 6) is -0.521. The Hall–Kier alpha value is -2.30. The Labute approximate surface area is 162 Å². The minimum atomic E-state index is -0.538. The van der Waals surface area contributed by atoms with Crippen molar-refractivity contribution in [3.63, 3.8) is 0 Å². The average molecular weight is 409 g/mol. The number of thiophene rings is 1. The summed E-state index contributed by atoms with van der Waals surface area (Å²) >= 11 is 2.53. The first-order valence-electron chi connectivity index (χ1n) is 8.34. The van der Waals surface area contributed by atoms with Gasteiger partial charge in [0.05, 0.1) is 42.4 Å². The van der Waals surface area contributed by atoms with Crippen LogP contribution in [0.15, 0.2) is 15.0 Å². The van der Waals surface area contributed by atoms with E-state index in [2.05, 4.69) is 4.98 Å². The van der Waals surface area contributed by atoms with Gasteiger partial charge in [-0.1, -0.05) is 0 Å². The molecule has 3 heterocycles. The van der Waals surface area contributed by atoms with Gasteiger partial charge in [-0.25, -0.2) is 14.6 Å². The number of nitrogens with zero attached hydrogens (tertiary/aromatic N) is 3. The second-order valence-corrected chi connectivity index (χ2v) is 7.93. The van der Waals surface area contributed by atoms with Gasteiger partial charge in [-0.3, -0.25) is 13.9 Å². The first-order valence-corrected chi connectivity index (χ1v) is 10.0. The molecule has 0 atom stereocenters. The minimum absolute atomic E-state index is 0.117. The molecule has 0 aliphatic rings. The van der Waals surface area contributed by atoms with Gasteiger partial charge in [0.1, 0.15) is 9.71 Å². The van der Waals surface area contributed by atoms with E-state index < -0.39 is 17.2 Å². The molecule has 3 rings (SSSR count). The van der Waals surface area contributed by atoms with E-state index in [4.69, 9.17) is 4.74 Å². The van der Waals surface area contributed by atoms with Crippen LogP contribution < -0.4 is 11.2 Å². The molecule has 0 fully saturated rings. The molecule has 0 amide bonds. The van der Waals surface area contributed by atoms with Crippen LogP contribution >= 0.6 is 22.7 Å². The molecular formula is C17H19N3O5S2. The molecule has 10 heteroatoms. The third-order valence-electron chi connectivity index (χ3n) is 4.07. The maximum absolute atomic E-state index is 12.9. The molecule has 1 N–H and O–H groups in total. The van der Waals surface area contributed by atoms with Crippen molar-refractivity contribution in [2.24, 2.45) is 0 Å². The number of aliphatic hydroxyl groups excluding tert-OH is 1. The Kier molecular flexibility index (Phi) is 5.59. The zero-order chi connectivity index (χ0) is 19.7. The molecule has 0 aromatic carbocycles. The molecule has 0 bridgehead atoms. The number of rotatable bonds is 6. The largest absolute Gasteiger partial charge is 0.462 e. The molecule has 8 nitrogen and oxygen atoms in total. The van der Waals surface area contributed by atoms with Crippen LogP contribution in [0.3, 0.4) is 0 Å². The molecule has 0 radical (unpaired) electrons. The Morgan fingerprint density at radius 3 is 2.63 bits per heavy atom. The van der Waals surface area contributed by atoms with Gasteiger partial charge >= 0.3 is 11.7 Å². The highest BCUT2D eigenvalue weighted by Crippen LogP contribution is 2.29. The SMILES string of the molecule is CCOC(=O)c1sc2c(c1C)c(=O)n(CCO)c(=O)n2Cc1csc(C)n1.